The summed E-state index contributed by atoms with van der Waals surface area (Å²) in [7, 11) is 0. The zero-order chi connectivity index (χ0) is 13.0. The van der Waals surface area contributed by atoms with E-state index in [1.165, 1.54) is 0 Å². The highest BCUT2D eigenvalue weighted by Gasteiger charge is 2.12. The molecule has 0 aliphatic rings. The molecule has 0 aromatic carbocycles. The second-order valence-corrected chi connectivity index (χ2v) is 4.62. The van der Waals surface area contributed by atoms with E-state index in [0.29, 0.717) is 6.07 Å². The first-order valence-corrected chi connectivity index (χ1v) is 5.92. The van der Waals surface area contributed by atoms with E-state index in [2.05, 4.69) is 10.3 Å². The van der Waals surface area contributed by atoms with Crippen molar-refractivity contribution in [3.63, 3.8) is 0 Å². The highest BCUT2D eigenvalue weighted by molar-refractivity contribution is 7.99. The van der Waals surface area contributed by atoms with E-state index in [-0.39, 0.29) is 28.5 Å². The number of thioether (sulfide) groups is 1. The predicted octanol–water partition coefficient (Wildman–Crippen LogP) is 1.56. The quantitative estimate of drug-likeness (QED) is 0.807. The van der Waals surface area contributed by atoms with E-state index in [1.54, 1.807) is 0 Å². The van der Waals surface area contributed by atoms with Gasteiger partial charge < -0.3 is 11.1 Å². The van der Waals surface area contributed by atoms with Gasteiger partial charge in [-0.25, -0.2) is 13.8 Å². The number of carbonyl (C=O) groups is 1. The van der Waals surface area contributed by atoms with Crippen LogP contribution in [0.1, 0.15) is 13.8 Å². The molecular formula is C10H13F2N3OS. The first kappa shape index (κ1) is 13.7. The third-order valence-corrected chi connectivity index (χ3v) is 2.68. The summed E-state index contributed by atoms with van der Waals surface area (Å²) in [6.07, 6.45) is 0. The Morgan fingerprint density at radius 2 is 2.18 bits per heavy atom. The van der Waals surface area contributed by atoms with Crippen LogP contribution in [0.5, 0.6) is 0 Å². The molecule has 1 amide bonds. The van der Waals surface area contributed by atoms with Crippen LogP contribution in [-0.2, 0) is 4.79 Å². The fourth-order valence-electron chi connectivity index (χ4n) is 1.06. The van der Waals surface area contributed by atoms with Gasteiger partial charge in [0.15, 0.2) is 17.5 Å². The Bertz CT molecular complexity index is 426. The van der Waals surface area contributed by atoms with Gasteiger partial charge in [0.25, 0.3) is 0 Å². The van der Waals surface area contributed by atoms with Gasteiger partial charge in [-0.2, -0.15) is 0 Å². The molecule has 0 fully saturated rings. The number of nitrogens with zero attached hydrogens (tertiary/aromatic N) is 1. The minimum absolute atomic E-state index is 0.00712. The van der Waals surface area contributed by atoms with Gasteiger partial charge in [-0.15, -0.1) is 0 Å². The lowest BCUT2D eigenvalue weighted by Crippen LogP contribution is -2.31. The molecule has 0 unspecified atom stereocenters. The summed E-state index contributed by atoms with van der Waals surface area (Å²) in [5, 5.41) is 2.56. The maximum absolute atomic E-state index is 13.2. The molecule has 1 rings (SSSR count). The molecule has 1 aromatic rings. The largest absolute Gasteiger partial charge is 0.381 e. The number of anilines is 1. The van der Waals surface area contributed by atoms with Gasteiger partial charge >= 0.3 is 0 Å². The SMILES string of the molecule is CC(C)NC(=O)CSc1nc(N)c(F)cc1F. The van der Waals surface area contributed by atoms with Crippen LogP contribution in [0.4, 0.5) is 14.6 Å². The first-order chi connectivity index (χ1) is 7.90. The minimum Gasteiger partial charge on any atom is -0.381 e. The Hall–Kier alpha value is -1.37. The number of pyridine rings is 1. The lowest BCUT2D eigenvalue weighted by atomic mass is 10.4. The van der Waals surface area contributed by atoms with Crippen molar-refractivity contribution in [3.05, 3.63) is 17.7 Å². The topological polar surface area (TPSA) is 68.0 Å². The summed E-state index contributed by atoms with van der Waals surface area (Å²) in [6.45, 7) is 3.63. The van der Waals surface area contributed by atoms with Crippen LogP contribution >= 0.6 is 11.8 Å². The lowest BCUT2D eigenvalue weighted by Gasteiger charge is -2.08. The van der Waals surface area contributed by atoms with Gasteiger partial charge in [0.2, 0.25) is 5.91 Å². The van der Waals surface area contributed by atoms with Crippen LogP contribution in [0.15, 0.2) is 11.1 Å². The molecule has 0 radical (unpaired) electrons. The summed E-state index contributed by atoms with van der Waals surface area (Å²) in [5.74, 6) is -2.34. The third kappa shape index (κ3) is 4.18. The summed E-state index contributed by atoms with van der Waals surface area (Å²) in [4.78, 5) is 14.8. The highest BCUT2D eigenvalue weighted by Crippen LogP contribution is 2.22. The van der Waals surface area contributed by atoms with Gasteiger partial charge in [0.05, 0.1) is 5.75 Å². The fourth-order valence-corrected chi connectivity index (χ4v) is 1.77. The molecule has 0 atom stereocenters. The maximum Gasteiger partial charge on any atom is 0.230 e. The summed E-state index contributed by atoms with van der Waals surface area (Å²) in [6, 6.07) is 0.671. The predicted molar refractivity (Wildman–Crippen MR) is 62.6 cm³/mol. The van der Waals surface area contributed by atoms with Crippen molar-refractivity contribution >= 4 is 23.5 Å². The number of hydrogen-bond acceptors (Lipinski definition) is 4. The van der Waals surface area contributed by atoms with E-state index in [4.69, 9.17) is 5.73 Å². The Labute approximate surface area is 102 Å². The Balaban J connectivity index is 2.63. The van der Waals surface area contributed by atoms with E-state index >= 15 is 0 Å². The molecule has 3 N–H and O–H groups in total. The Morgan fingerprint density at radius 3 is 2.76 bits per heavy atom. The molecule has 0 spiro atoms. The highest BCUT2D eigenvalue weighted by atomic mass is 32.2. The second-order valence-electron chi connectivity index (χ2n) is 3.65. The van der Waals surface area contributed by atoms with Crippen LogP contribution in [0, 0.1) is 11.6 Å². The summed E-state index contributed by atoms with van der Waals surface area (Å²) >= 11 is 0.875. The number of rotatable bonds is 4. The third-order valence-electron chi connectivity index (χ3n) is 1.71. The van der Waals surface area contributed by atoms with Crippen molar-refractivity contribution in [2.75, 3.05) is 11.5 Å². The van der Waals surface area contributed by atoms with Gasteiger partial charge in [-0.3, -0.25) is 4.79 Å². The molecule has 7 heteroatoms. The van der Waals surface area contributed by atoms with Gasteiger partial charge in [0, 0.05) is 12.1 Å². The number of halogens is 2. The standard InChI is InChI=1S/C10H13F2N3OS/c1-5(2)14-8(16)4-17-10-7(12)3-6(11)9(13)15-10/h3,5H,4H2,1-2H3,(H2,13,15)(H,14,16). The smallest absolute Gasteiger partial charge is 0.230 e. The fraction of sp³-hybridized carbons (Fsp3) is 0.400. The molecule has 4 nitrogen and oxygen atoms in total. The zero-order valence-electron chi connectivity index (χ0n) is 9.46. The number of carbonyl (C=O) groups excluding carboxylic acids is 1. The van der Waals surface area contributed by atoms with E-state index < -0.39 is 11.6 Å². The van der Waals surface area contributed by atoms with Crippen molar-refractivity contribution in [3.8, 4) is 0 Å². The number of nitrogen functional groups attached to an aromatic ring is 1. The zero-order valence-corrected chi connectivity index (χ0v) is 10.3. The van der Waals surface area contributed by atoms with Crippen molar-refractivity contribution in [2.24, 2.45) is 0 Å². The number of amides is 1. The van der Waals surface area contributed by atoms with Crippen molar-refractivity contribution < 1.29 is 13.6 Å². The van der Waals surface area contributed by atoms with Crippen LogP contribution in [0.2, 0.25) is 0 Å². The van der Waals surface area contributed by atoms with Gasteiger partial charge in [-0.1, -0.05) is 11.8 Å². The average Bonchev–Trinajstić information content (AvgIpc) is 2.20. The van der Waals surface area contributed by atoms with E-state index in [0.717, 1.165) is 11.8 Å². The average molecular weight is 261 g/mol. The molecule has 0 saturated carbocycles. The minimum atomic E-state index is -0.904. The van der Waals surface area contributed by atoms with Crippen molar-refractivity contribution in [2.45, 2.75) is 24.9 Å². The summed E-state index contributed by atoms with van der Waals surface area (Å²) in [5.41, 5.74) is 5.21. The van der Waals surface area contributed by atoms with E-state index in [1.807, 2.05) is 13.8 Å². The lowest BCUT2D eigenvalue weighted by molar-refractivity contribution is -0.119. The molecule has 94 valence electrons. The summed E-state index contributed by atoms with van der Waals surface area (Å²) < 4.78 is 26.0. The van der Waals surface area contributed by atoms with E-state index in [9.17, 15) is 13.6 Å². The molecule has 17 heavy (non-hydrogen) atoms. The van der Waals surface area contributed by atoms with Gasteiger partial charge in [-0.05, 0) is 13.8 Å². The molecule has 1 heterocycles. The van der Waals surface area contributed by atoms with Crippen LogP contribution in [0.25, 0.3) is 0 Å². The van der Waals surface area contributed by atoms with Gasteiger partial charge in [0.1, 0.15) is 5.03 Å². The number of aromatic nitrogens is 1. The molecule has 0 aliphatic carbocycles. The molecule has 0 saturated heterocycles. The number of nitrogens with two attached hydrogens (primary N) is 1. The number of hydrogen-bond donors (Lipinski definition) is 2. The Kier molecular flexibility index (Phi) is 4.68. The number of nitrogens with one attached hydrogen (secondary N) is 1. The monoisotopic (exact) mass is 261 g/mol. The van der Waals surface area contributed by atoms with Crippen LogP contribution < -0.4 is 11.1 Å². The van der Waals surface area contributed by atoms with Crippen LogP contribution in [0.3, 0.4) is 0 Å². The van der Waals surface area contributed by atoms with Crippen molar-refractivity contribution in [1.29, 1.82) is 0 Å². The van der Waals surface area contributed by atoms with Crippen molar-refractivity contribution in [1.82, 2.24) is 10.3 Å². The second kappa shape index (κ2) is 5.81. The normalized spacial score (nSPS) is 10.6. The molecule has 1 aromatic heterocycles. The first-order valence-electron chi connectivity index (χ1n) is 4.94. The maximum atomic E-state index is 13.2. The van der Waals surface area contributed by atoms with Crippen LogP contribution in [-0.4, -0.2) is 22.7 Å². The molecular weight excluding hydrogens is 248 g/mol. The molecule has 0 bridgehead atoms. The molecule has 0 aliphatic heterocycles. The Morgan fingerprint density at radius 1 is 1.53 bits per heavy atom.